The molecule has 1 aromatic heterocycles. The van der Waals surface area contributed by atoms with Crippen LogP contribution in [0.2, 0.25) is 0 Å². The summed E-state index contributed by atoms with van der Waals surface area (Å²) in [5.41, 5.74) is 2.21. The molecule has 5 heteroatoms. The Kier molecular flexibility index (Phi) is 2.63. The van der Waals surface area contributed by atoms with E-state index < -0.39 is 0 Å². The minimum Gasteiger partial charge on any atom is -0.361 e. The van der Waals surface area contributed by atoms with Crippen LogP contribution < -0.4 is 5.32 Å². The van der Waals surface area contributed by atoms with Crippen LogP contribution in [-0.2, 0) is 4.79 Å². The zero-order valence-corrected chi connectivity index (χ0v) is 10.7. The molecule has 4 nitrogen and oxygen atoms in total. The van der Waals surface area contributed by atoms with E-state index in [0.29, 0.717) is 0 Å². The number of aromatic nitrogens is 1. The van der Waals surface area contributed by atoms with E-state index in [1.807, 2.05) is 31.3 Å². The minimum atomic E-state index is -0.211. The van der Waals surface area contributed by atoms with Crippen molar-refractivity contribution in [1.29, 1.82) is 5.41 Å². The molecule has 1 amide bonds. The summed E-state index contributed by atoms with van der Waals surface area (Å²) in [5, 5.41) is 11.3. The third kappa shape index (κ3) is 1.71. The number of rotatable bonds is 2. The number of fused-ring (bicyclic) bond motifs is 1. The quantitative estimate of drug-likeness (QED) is 0.775. The molecule has 0 spiro atoms. The number of para-hydroxylation sites is 1. The van der Waals surface area contributed by atoms with Gasteiger partial charge in [0, 0.05) is 23.0 Å². The summed E-state index contributed by atoms with van der Waals surface area (Å²) in [7, 11) is 0. The second kappa shape index (κ2) is 4.17. The molecule has 2 atom stereocenters. The van der Waals surface area contributed by atoms with Crippen molar-refractivity contribution >= 4 is 33.7 Å². The Morgan fingerprint density at radius 3 is 2.89 bits per heavy atom. The SMILES string of the molecule is C[C@H](c1c[nH]c2ccccc12)[C@@H]1SC(=N)NC1=O. The van der Waals surface area contributed by atoms with Crippen molar-refractivity contribution in [2.75, 3.05) is 0 Å². The van der Waals surface area contributed by atoms with Crippen LogP contribution in [-0.4, -0.2) is 21.3 Å². The normalized spacial score (nSPS) is 21.3. The highest BCUT2D eigenvalue weighted by Gasteiger charge is 2.35. The molecule has 0 bridgehead atoms. The van der Waals surface area contributed by atoms with Crippen LogP contribution in [0.25, 0.3) is 10.9 Å². The van der Waals surface area contributed by atoms with Crippen LogP contribution in [0.15, 0.2) is 30.5 Å². The van der Waals surface area contributed by atoms with Crippen LogP contribution >= 0.6 is 11.8 Å². The largest absolute Gasteiger partial charge is 0.361 e. The van der Waals surface area contributed by atoms with Crippen LogP contribution in [0, 0.1) is 5.41 Å². The summed E-state index contributed by atoms with van der Waals surface area (Å²) < 4.78 is 0. The second-order valence-corrected chi connectivity index (χ2v) is 5.59. The number of amides is 1. The van der Waals surface area contributed by atoms with E-state index in [0.717, 1.165) is 16.5 Å². The van der Waals surface area contributed by atoms with Crippen molar-refractivity contribution < 1.29 is 4.79 Å². The maximum atomic E-state index is 11.8. The lowest BCUT2D eigenvalue weighted by Crippen LogP contribution is -2.27. The Morgan fingerprint density at radius 2 is 2.17 bits per heavy atom. The van der Waals surface area contributed by atoms with E-state index in [-0.39, 0.29) is 22.2 Å². The van der Waals surface area contributed by atoms with Gasteiger partial charge in [-0.25, -0.2) is 0 Å². The van der Waals surface area contributed by atoms with Gasteiger partial charge in [-0.15, -0.1) is 0 Å². The lowest BCUT2D eigenvalue weighted by atomic mass is 9.96. The van der Waals surface area contributed by atoms with Crippen LogP contribution in [0.3, 0.4) is 0 Å². The molecule has 1 saturated heterocycles. The van der Waals surface area contributed by atoms with Gasteiger partial charge in [-0.1, -0.05) is 36.9 Å². The molecule has 3 N–H and O–H groups in total. The first kappa shape index (κ1) is 11.3. The van der Waals surface area contributed by atoms with Gasteiger partial charge < -0.3 is 10.3 Å². The van der Waals surface area contributed by atoms with E-state index in [1.54, 1.807) is 0 Å². The average Bonchev–Trinajstić information content (AvgIpc) is 2.92. The molecular formula is C13H13N3OS. The molecule has 0 aliphatic carbocycles. The average molecular weight is 259 g/mol. The van der Waals surface area contributed by atoms with E-state index in [2.05, 4.69) is 16.4 Å². The molecule has 0 unspecified atom stereocenters. The van der Waals surface area contributed by atoms with Gasteiger partial charge in [-0.05, 0) is 11.6 Å². The van der Waals surface area contributed by atoms with Crippen LogP contribution in [0.5, 0.6) is 0 Å². The highest BCUT2D eigenvalue weighted by molar-refractivity contribution is 8.15. The molecule has 0 saturated carbocycles. The smallest absolute Gasteiger partial charge is 0.240 e. The highest BCUT2D eigenvalue weighted by Crippen LogP contribution is 2.35. The lowest BCUT2D eigenvalue weighted by molar-refractivity contribution is -0.119. The van der Waals surface area contributed by atoms with Crippen molar-refractivity contribution in [2.24, 2.45) is 0 Å². The van der Waals surface area contributed by atoms with Crippen molar-refractivity contribution in [3.05, 3.63) is 36.0 Å². The molecule has 2 aromatic rings. The molecule has 1 aliphatic heterocycles. The number of thioether (sulfide) groups is 1. The van der Waals surface area contributed by atoms with E-state index in [9.17, 15) is 4.79 Å². The first-order valence-corrected chi connectivity index (χ1v) is 6.67. The van der Waals surface area contributed by atoms with Crippen molar-refractivity contribution in [2.45, 2.75) is 18.1 Å². The molecule has 1 aromatic carbocycles. The Labute approximate surface area is 109 Å². The first-order chi connectivity index (χ1) is 8.66. The zero-order chi connectivity index (χ0) is 12.7. The minimum absolute atomic E-state index is 0.0669. The number of H-pyrrole nitrogens is 1. The lowest BCUT2D eigenvalue weighted by Gasteiger charge is -2.14. The van der Waals surface area contributed by atoms with Crippen LogP contribution in [0.1, 0.15) is 18.4 Å². The number of carbonyl (C=O) groups is 1. The van der Waals surface area contributed by atoms with Gasteiger partial charge in [-0.3, -0.25) is 10.2 Å². The van der Waals surface area contributed by atoms with E-state index >= 15 is 0 Å². The van der Waals surface area contributed by atoms with Gasteiger partial charge in [0.1, 0.15) is 0 Å². The molecule has 2 heterocycles. The predicted octanol–water partition coefficient (Wildman–Crippen LogP) is 2.44. The molecular weight excluding hydrogens is 246 g/mol. The standard InChI is InChI=1S/C13H13N3OS/c1-7(11-12(17)16-13(14)18-11)9-6-15-10-5-3-2-4-8(9)10/h2-7,11,15H,1H3,(H2,14,16,17)/t7-,11+/m1/s1. The third-order valence-electron chi connectivity index (χ3n) is 3.31. The first-order valence-electron chi connectivity index (χ1n) is 5.79. The number of amidine groups is 1. The maximum Gasteiger partial charge on any atom is 0.240 e. The number of benzene rings is 1. The summed E-state index contributed by atoms with van der Waals surface area (Å²) in [5.74, 6) is 0.0109. The number of aromatic amines is 1. The summed E-state index contributed by atoms with van der Waals surface area (Å²) in [4.78, 5) is 15.0. The molecule has 92 valence electrons. The van der Waals surface area contributed by atoms with Gasteiger partial charge in [0.2, 0.25) is 5.91 Å². The molecule has 1 aliphatic rings. The highest BCUT2D eigenvalue weighted by atomic mass is 32.2. The zero-order valence-electron chi connectivity index (χ0n) is 9.86. The summed E-state index contributed by atoms with van der Waals surface area (Å²) in [6.45, 7) is 2.03. The number of carbonyl (C=O) groups excluding carboxylic acids is 1. The Morgan fingerprint density at radius 1 is 1.39 bits per heavy atom. The molecule has 3 rings (SSSR count). The van der Waals surface area contributed by atoms with Crippen molar-refractivity contribution in [1.82, 2.24) is 10.3 Å². The molecule has 18 heavy (non-hydrogen) atoms. The third-order valence-corrected chi connectivity index (χ3v) is 4.52. The van der Waals surface area contributed by atoms with Gasteiger partial charge in [-0.2, -0.15) is 0 Å². The van der Waals surface area contributed by atoms with E-state index in [4.69, 9.17) is 5.41 Å². The van der Waals surface area contributed by atoms with Gasteiger partial charge in [0.25, 0.3) is 0 Å². The predicted molar refractivity (Wildman–Crippen MR) is 74.0 cm³/mol. The number of hydrogen-bond acceptors (Lipinski definition) is 3. The fraction of sp³-hybridized carbons (Fsp3) is 0.231. The fourth-order valence-corrected chi connectivity index (χ4v) is 3.29. The van der Waals surface area contributed by atoms with E-state index in [1.165, 1.54) is 11.8 Å². The number of nitrogens with one attached hydrogen (secondary N) is 3. The Balaban J connectivity index is 1.99. The van der Waals surface area contributed by atoms with Gasteiger partial charge in [0.15, 0.2) is 5.17 Å². The Bertz CT molecular complexity index is 634. The van der Waals surface area contributed by atoms with Crippen molar-refractivity contribution in [3.63, 3.8) is 0 Å². The monoisotopic (exact) mass is 259 g/mol. The molecule has 1 fully saturated rings. The summed E-state index contributed by atoms with van der Waals surface area (Å²) in [6.07, 6.45) is 1.96. The molecule has 0 radical (unpaired) electrons. The Hall–Kier alpha value is -1.75. The maximum absolute atomic E-state index is 11.8. The number of hydrogen-bond donors (Lipinski definition) is 3. The topological polar surface area (TPSA) is 68.7 Å². The van der Waals surface area contributed by atoms with Crippen LogP contribution in [0.4, 0.5) is 0 Å². The summed E-state index contributed by atoms with van der Waals surface area (Å²) >= 11 is 1.30. The van der Waals surface area contributed by atoms with Gasteiger partial charge in [0.05, 0.1) is 5.25 Å². The summed E-state index contributed by atoms with van der Waals surface area (Å²) in [6, 6.07) is 8.06. The second-order valence-electron chi connectivity index (χ2n) is 4.44. The fourth-order valence-electron chi connectivity index (χ4n) is 2.36. The van der Waals surface area contributed by atoms with Crippen molar-refractivity contribution in [3.8, 4) is 0 Å². The van der Waals surface area contributed by atoms with Gasteiger partial charge >= 0.3 is 0 Å².